The van der Waals surface area contributed by atoms with E-state index >= 15 is 0 Å². The van der Waals surface area contributed by atoms with Crippen molar-refractivity contribution in [1.29, 1.82) is 0 Å². The van der Waals surface area contributed by atoms with E-state index in [0.717, 1.165) is 25.9 Å². The minimum Gasteiger partial charge on any atom is -0.633 e. The average molecular weight is 496 g/mol. The molecule has 0 aliphatic rings. The molecule has 0 aromatic carbocycles. The van der Waals surface area contributed by atoms with Gasteiger partial charge < -0.3 is 9.85 Å². The second-order valence-corrected chi connectivity index (χ2v) is 11.9. The molecule has 0 aromatic rings. The summed E-state index contributed by atoms with van der Waals surface area (Å²) in [5.41, 5.74) is 0. The number of hydrogen-bond acceptors (Lipinski definition) is 1. The topological polar surface area (TPSA) is 23.1 Å². The molecule has 0 radical (unpaired) electrons. The molecular formula is C33H69NO. The molecule has 0 aromatic heterocycles. The second-order valence-electron chi connectivity index (χ2n) is 11.9. The zero-order valence-corrected chi connectivity index (χ0v) is 25.1. The molecule has 212 valence electrons. The second kappa shape index (κ2) is 28.5. The highest BCUT2D eigenvalue weighted by Gasteiger charge is 2.09. The molecule has 2 nitrogen and oxygen atoms in total. The third-order valence-electron chi connectivity index (χ3n) is 7.97. The molecule has 0 saturated heterocycles. The first-order valence-electron chi connectivity index (χ1n) is 16.7. The van der Waals surface area contributed by atoms with Crippen molar-refractivity contribution in [2.75, 3.05) is 20.1 Å². The molecule has 0 fully saturated rings. The van der Waals surface area contributed by atoms with E-state index in [0.29, 0.717) is 0 Å². The summed E-state index contributed by atoms with van der Waals surface area (Å²) in [6.45, 7) is 6.24. The predicted octanol–water partition coefficient (Wildman–Crippen LogP) is 11.9. The van der Waals surface area contributed by atoms with E-state index in [1.807, 2.05) is 7.05 Å². The quantitative estimate of drug-likeness (QED) is 0.0552. The van der Waals surface area contributed by atoms with Crippen LogP contribution < -0.4 is 0 Å². The first-order chi connectivity index (χ1) is 17.1. The maximum atomic E-state index is 12.6. The Hall–Kier alpha value is -0.0800. The van der Waals surface area contributed by atoms with Crippen LogP contribution in [0.15, 0.2) is 0 Å². The van der Waals surface area contributed by atoms with Crippen molar-refractivity contribution < 1.29 is 4.65 Å². The first-order valence-corrected chi connectivity index (χ1v) is 16.7. The molecule has 35 heavy (non-hydrogen) atoms. The van der Waals surface area contributed by atoms with Gasteiger partial charge in [0.1, 0.15) is 0 Å². The van der Waals surface area contributed by atoms with E-state index in [-0.39, 0.29) is 4.65 Å². The highest BCUT2D eigenvalue weighted by Crippen LogP contribution is 2.16. The summed E-state index contributed by atoms with van der Waals surface area (Å²) in [5.74, 6) is 0. The Balaban J connectivity index is 3.25. The van der Waals surface area contributed by atoms with E-state index in [4.69, 9.17) is 0 Å². The van der Waals surface area contributed by atoms with Crippen molar-refractivity contribution in [3.8, 4) is 0 Å². The summed E-state index contributed by atoms with van der Waals surface area (Å²) in [5, 5.41) is 12.6. The van der Waals surface area contributed by atoms with Crippen molar-refractivity contribution in [3.63, 3.8) is 0 Å². The summed E-state index contributed by atoms with van der Waals surface area (Å²) in [4.78, 5) is 0. The van der Waals surface area contributed by atoms with Crippen molar-refractivity contribution in [2.45, 2.75) is 194 Å². The molecule has 0 aliphatic heterocycles. The van der Waals surface area contributed by atoms with Crippen LogP contribution in [0.4, 0.5) is 0 Å². The molecule has 0 aliphatic carbocycles. The molecule has 0 heterocycles. The summed E-state index contributed by atoms with van der Waals surface area (Å²) in [6, 6.07) is 0. The number of unbranched alkanes of at least 4 members (excludes halogenated alkanes) is 26. The van der Waals surface area contributed by atoms with E-state index in [2.05, 4.69) is 13.8 Å². The van der Waals surface area contributed by atoms with Crippen LogP contribution in [0.3, 0.4) is 0 Å². The van der Waals surface area contributed by atoms with E-state index in [1.165, 1.54) is 167 Å². The van der Waals surface area contributed by atoms with Crippen LogP contribution in [0.5, 0.6) is 0 Å². The molecule has 2 heteroatoms. The van der Waals surface area contributed by atoms with Gasteiger partial charge >= 0.3 is 0 Å². The lowest BCUT2D eigenvalue weighted by Gasteiger charge is -2.39. The maximum absolute atomic E-state index is 12.6. The van der Waals surface area contributed by atoms with Crippen molar-refractivity contribution in [2.24, 2.45) is 0 Å². The summed E-state index contributed by atoms with van der Waals surface area (Å²) >= 11 is 0. The Bertz CT molecular complexity index is 381. The van der Waals surface area contributed by atoms with Crippen LogP contribution >= 0.6 is 0 Å². The van der Waals surface area contributed by atoms with Crippen molar-refractivity contribution in [3.05, 3.63) is 5.21 Å². The van der Waals surface area contributed by atoms with Crippen LogP contribution in [0, 0.1) is 5.21 Å². The zero-order chi connectivity index (χ0) is 25.7. The van der Waals surface area contributed by atoms with Crippen LogP contribution in [0.25, 0.3) is 0 Å². The standard InChI is InChI=1S/C33H69NO/c1-4-6-8-10-12-14-16-17-18-19-20-21-22-23-25-27-29-31-33-34(3,35)32-30-28-26-24-15-13-11-9-7-5-2/h4-33H2,1-3H3. The lowest BCUT2D eigenvalue weighted by atomic mass is 10.0. The Kier molecular flexibility index (Phi) is 28.4. The smallest absolute Gasteiger partial charge is 0.0781 e. The Morgan fingerprint density at radius 3 is 0.686 bits per heavy atom. The minimum absolute atomic E-state index is 0.00409. The number of rotatable bonds is 30. The Labute approximate surface area is 223 Å². The lowest BCUT2D eigenvalue weighted by molar-refractivity contribution is -0.861. The number of nitrogens with zero attached hydrogens (tertiary/aromatic N) is 1. The molecule has 0 amide bonds. The fraction of sp³-hybridized carbons (Fsp3) is 1.00. The third-order valence-corrected chi connectivity index (χ3v) is 7.97. The molecule has 0 N–H and O–H groups in total. The van der Waals surface area contributed by atoms with Gasteiger partial charge in [-0.1, -0.05) is 168 Å². The lowest BCUT2D eigenvalue weighted by Crippen LogP contribution is -2.39. The largest absolute Gasteiger partial charge is 0.633 e. The Morgan fingerprint density at radius 1 is 0.314 bits per heavy atom. The van der Waals surface area contributed by atoms with Gasteiger partial charge in [0, 0.05) is 0 Å². The molecule has 1 atom stereocenters. The van der Waals surface area contributed by atoms with Gasteiger partial charge in [-0.2, -0.15) is 0 Å². The number of quaternary nitrogens is 1. The summed E-state index contributed by atoms with van der Waals surface area (Å²) in [7, 11) is 1.90. The minimum atomic E-state index is -0.00409. The zero-order valence-electron chi connectivity index (χ0n) is 25.1. The number of hydroxylamine groups is 3. The van der Waals surface area contributed by atoms with Crippen LogP contribution in [0.2, 0.25) is 0 Å². The molecule has 0 bridgehead atoms. The van der Waals surface area contributed by atoms with Gasteiger partial charge in [0.05, 0.1) is 20.1 Å². The van der Waals surface area contributed by atoms with Gasteiger partial charge in [0.25, 0.3) is 0 Å². The predicted molar refractivity (Wildman–Crippen MR) is 160 cm³/mol. The van der Waals surface area contributed by atoms with Gasteiger partial charge in [-0.25, -0.2) is 0 Å². The normalized spacial score (nSPS) is 13.4. The molecule has 0 rings (SSSR count). The summed E-state index contributed by atoms with van der Waals surface area (Å²) in [6.07, 6.45) is 38.7. The van der Waals surface area contributed by atoms with E-state index < -0.39 is 0 Å². The van der Waals surface area contributed by atoms with Crippen LogP contribution in [-0.2, 0) is 0 Å². The SMILES string of the molecule is CCCCCCCCCCCCCCCCCCCC[N+](C)([O-])CCCCCCCCCCCC. The van der Waals surface area contributed by atoms with Gasteiger partial charge in [0.2, 0.25) is 0 Å². The maximum Gasteiger partial charge on any atom is 0.0781 e. The highest BCUT2D eigenvalue weighted by molar-refractivity contribution is 4.52. The van der Waals surface area contributed by atoms with Crippen LogP contribution in [-0.4, -0.2) is 24.8 Å². The van der Waals surface area contributed by atoms with Crippen molar-refractivity contribution in [1.82, 2.24) is 0 Å². The van der Waals surface area contributed by atoms with Gasteiger partial charge in [-0.15, -0.1) is 0 Å². The fourth-order valence-electron chi connectivity index (χ4n) is 5.39. The van der Waals surface area contributed by atoms with Crippen LogP contribution in [0.1, 0.15) is 194 Å². The van der Waals surface area contributed by atoms with Gasteiger partial charge in [0.15, 0.2) is 0 Å². The molecule has 1 unspecified atom stereocenters. The molecule has 0 saturated carbocycles. The van der Waals surface area contributed by atoms with Gasteiger partial charge in [-0.3, -0.25) is 0 Å². The Morgan fingerprint density at radius 2 is 0.486 bits per heavy atom. The van der Waals surface area contributed by atoms with Gasteiger partial charge in [-0.05, 0) is 25.7 Å². The first kappa shape index (κ1) is 34.9. The number of hydrogen-bond donors (Lipinski definition) is 0. The highest BCUT2D eigenvalue weighted by atomic mass is 16.5. The average Bonchev–Trinajstić information content (AvgIpc) is 2.84. The third kappa shape index (κ3) is 30.0. The van der Waals surface area contributed by atoms with Crippen molar-refractivity contribution >= 4 is 0 Å². The summed E-state index contributed by atoms with van der Waals surface area (Å²) < 4.78 is -0.00409. The van der Waals surface area contributed by atoms with E-state index in [1.54, 1.807) is 0 Å². The molecule has 0 spiro atoms. The fourth-order valence-corrected chi connectivity index (χ4v) is 5.39. The molecular weight excluding hydrogens is 426 g/mol. The monoisotopic (exact) mass is 496 g/mol. The van der Waals surface area contributed by atoms with E-state index in [9.17, 15) is 5.21 Å².